The van der Waals surface area contributed by atoms with Crippen molar-refractivity contribution < 1.29 is 67.4 Å². The van der Waals surface area contributed by atoms with E-state index in [-0.39, 0.29) is 60.0 Å². The van der Waals surface area contributed by atoms with Crippen molar-refractivity contribution >= 4 is 17.9 Å². The quantitative estimate of drug-likeness (QED) is 0.0304. The average Bonchev–Trinajstić information content (AvgIpc) is 3.24. The molecule has 0 amide bonds. The zero-order chi connectivity index (χ0) is 47.3. The van der Waals surface area contributed by atoms with Crippen LogP contribution >= 0.6 is 0 Å². The Kier molecular flexibility index (Phi) is 63.7. The second-order valence-electron chi connectivity index (χ2n) is 17.7. The van der Waals surface area contributed by atoms with Crippen molar-refractivity contribution in [2.24, 2.45) is 0 Å². The Hall–Kier alpha value is -1.75. The van der Waals surface area contributed by atoms with Gasteiger partial charge < -0.3 is 45.0 Å². The summed E-state index contributed by atoms with van der Waals surface area (Å²) in [6.07, 6.45) is 51.0. The first-order valence-corrected chi connectivity index (χ1v) is 26.1. The van der Waals surface area contributed by atoms with Crippen LogP contribution in [0, 0.1) is 0 Å². The molecule has 0 aliphatic carbocycles. The third-order valence-electron chi connectivity index (χ3n) is 11.2. The number of carboxylic acid groups (broad SMARTS) is 3. The number of carbonyl (C=O) groups excluding carboxylic acids is 3. The van der Waals surface area contributed by atoms with Crippen molar-refractivity contribution in [1.29, 1.82) is 0 Å². The third kappa shape index (κ3) is 69.3. The van der Waals surface area contributed by atoms with E-state index in [2.05, 4.69) is 57.2 Å². The van der Waals surface area contributed by atoms with Crippen LogP contribution in [-0.2, 0) is 36.8 Å². The molecule has 0 aliphatic rings. The van der Waals surface area contributed by atoms with Crippen LogP contribution in [0.15, 0.2) is 36.5 Å². The minimum Gasteiger partial charge on any atom is -0.550 e. The molecule has 0 saturated heterocycles. The Bertz CT molecular complexity index is 919. The zero-order valence-electron chi connectivity index (χ0n) is 41.4. The summed E-state index contributed by atoms with van der Waals surface area (Å²) in [7, 11) is 0. The molecule has 0 spiro atoms. The zero-order valence-corrected chi connectivity index (χ0v) is 43.5. The molecule has 0 rings (SSSR count). The number of hydrogen-bond donors (Lipinski definition) is 3. The fourth-order valence-electron chi connectivity index (χ4n) is 7.07. The summed E-state index contributed by atoms with van der Waals surface area (Å²) in [4.78, 5) is 30.7. The van der Waals surface area contributed by atoms with E-state index in [9.17, 15) is 45.0 Å². The molecule has 0 radical (unpaired) electrons. The number of carbonyl (C=O) groups is 3. The van der Waals surface area contributed by atoms with Crippen molar-refractivity contribution in [3.63, 3.8) is 0 Å². The van der Waals surface area contributed by atoms with Crippen LogP contribution in [0.4, 0.5) is 0 Å². The van der Waals surface area contributed by atoms with Gasteiger partial charge in [-0.05, 0) is 116 Å². The first-order chi connectivity index (χ1) is 30.5. The summed E-state index contributed by atoms with van der Waals surface area (Å²) in [6.45, 7) is 6.59. The van der Waals surface area contributed by atoms with Crippen LogP contribution in [0.25, 0.3) is 0 Å². The van der Waals surface area contributed by atoms with Gasteiger partial charge >= 0.3 is 22.4 Å². The van der Waals surface area contributed by atoms with Crippen molar-refractivity contribution in [1.82, 2.24) is 0 Å². The average molecular weight is 1090 g/mol. The molecule has 3 unspecified atom stereocenters. The SMILES string of the molecule is CCCCCCC(O)C/C=C\CCCCCCCC(=O)[O-].CCCCCCC(O)C/C=C\CCCCCCCC(=O)[O-].CCCCCCC(O)C/C=C\CCCCCCCC(=O)[O-].[Au+3]. The molecule has 0 saturated carbocycles. The molecule has 10 heteroatoms. The van der Waals surface area contributed by atoms with Crippen LogP contribution in [-0.4, -0.2) is 51.5 Å². The van der Waals surface area contributed by atoms with Crippen LogP contribution in [0.5, 0.6) is 0 Å². The van der Waals surface area contributed by atoms with E-state index in [0.717, 1.165) is 173 Å². The first kappa shape index (κ1) is 68.8. The van der Waals surface area contributed by atoms with Gasteiger partial charge in [0.15, 0.2) is 0 Å². The van der Waals surface area contributed by atoms with Gasteiger partial charge in [-0.15, -0.1) is 0 Å². The maximum absolute atomic E-state index is 10.2. The molecule has 3 atom stereocenters. The van der Waals surface area contributed by atoms with Crippen molar-refractivity contribution in [3.8, 4) is 0 Å². The normalized spacial score (nSPS) is 12.7. The summed E-state index contributed by atoms with van der Waals surface area (Å²) >= 11 is 0. The Morgan fingerprint density at radius 3 is 0.797 bits per heavy atom. The number of rotatable bonds is 45. The van der Waals surface area contributed by atoms with Crippen molar-refractivity contribution in [2.45, 2.75) is 289 Å². The van der Waals surface area contributed by atoms with E-state index in [0.29, 0.717) is 0 Å². The van der Waals surface area contributed by atoms with Gasteiger partial charge in [0.1, 0.15) is 0 Å². The topological polar surface area (TPSA) is 181 Å². The minimum atomic E-state index is -0.939. The monoisotopic (exact) mass is 1090 g/mol. The van der Waals surface area contributed by atoms with Gasteiger partial charge in [-0.1, -0.05) is 192 Å². The Morgan fingerprint density at radius 1 is 0.344 bits per heavy atom. The van der Waals surface area contributed by atoms with E-state index in [1.807, 2.05) is 0 Å². The molecule has 380 valence electrons. The van der Waals surface area contributed by atoms with E-state index >= 15 is 0 Å². The predicted octanol–water partition coefficient (Wildman–Crippen LogP) is 11.2. The molecule has 0 fully saturated rings. The molecule has 0 aromatic heterocycles. The number of allylic oxidation sites excluding steroid dienone is 3. The van der Waals surface area contributed by atoms with E-state index in [4.69, 9.17) is 0 Å². The van der Waals surface area contributed by atoms with E-state index < -0.39 is 17.9 Å². The summed E-state index contributed by atoms with van der Waals surface area (Å²) < 4.78 is 0. The number of hydrogen-bond acceptors (Lipinski definition) is 9. The van der Waals surface area contributed by atoms with E-state index in [1.165, 1.54) is 57.8 Å². The standard InChI is InChI=1S/3C18H34O3.Au/c3*1-2-3-4-11-14-17(19)15-12-9-7-5-6-8-10-13-16-18(20)21;/h3*9,12,17,19H,2-8,10-11,13-16H2,1H3,(H,20,21);/q;;;+3/p-3/b3*12-9-;. The fourth-order valence-corrected chi connectivity index (χ4v) is 7.07. The number of carboxylic acids is 3. The van der Waals surface area contributed by atoms with Crippen LogP contribution in [0.1, 0.15) is 271 Å². The summed E-state index contributed by atoms with van der Waals surface area (Å²) in [6, 6.07) is 0. The molecule has 3 N–H and O–H groups in total. The van der Waals surface area contributed by atoms with Gasteiger partial charge in [-0.2, -0.15) is 0 Å². The second-order valence-corrected chi connectivity index (χ2v) is 17.7. The molecule has 0 bridgehead atoms. The fraction of sp³-hybridized carbons (Fsp3) is 0.833. The molecule has 9 nitrogen and oxygen atoms in total. The second kappa shape index (κ2) is 59.3. The summed E-state index contributed by atoms with van der Waals surface area (Å²) in [5, 5.41) is 60.0. The van der Waals surface area contributed by atoms with Crippen molar-refractivity contribution in [3.05, 3.63) is 36.5 Å². The van der Waals surface area contributed by atoms with Crippen LogP contribution in [0.2, 0.25) is 0 Å². The van der Waals surface area contributed by atoms with Gasteiger partial charge in [0.2, 0.25) is 0 Å². The van der Waals surface area contributed by atoms with Gasteiger partial charge in [0.25, 0.3) is 0 Å². The Morgan fingerprint density at radius 2 is 0.562 bits per heavy atom. The number of aliphatic hydroxyl groups is 3. The minimum absolute atomic E-state index is 0. The summed E-state index contributed by atoms with van der Waals surface area (Å²) in [5.41, 5.74) is 0. The molecule has 0 aromatic rings. The molecule has 0 aliphatic heterocycles. The number of aliphatic hydroxyl groups excluding tert-OH is 3. The van der Waals surface area contributed by atoms with Crippen molar-refractivity contribution in [2.75, 3.05) is 0 Å². The molecule has 0 aromatic carbocycles. The Labute approximate surface area is 409 Å². The summed E-state index contributed by atoms with van der Waals surface area (Å²) in [5.74, 6) is -2.82. The van der Waals surface area contributed by atoms with Gasteiger partial charge in [-0.25, -0.2) is 0 Å². The largest absolute Gasteiger partial charge is 3.00 e. The molecular formula is C54H99AuO9. The van der Waals surface area contributed by atoms with Gasteiger partial charge in [-0.3, -0.25) is 0 Å². The number of aliphatic carboxylic acids is 3. The Balaban J connectivity index is -0.000000419. The maximum Gasteiger partial charge on any atom is 3.00 e. The maximum atomic E-state index is 10.2. The smallest absolute Gasteiger partial charge is 0.550 e. The van der Waals surface area contributed by atoms with E-state index in [1.54, 1.807) is 0 Å². The van der Waals surface area contributed by atoms with Gasteiger partial charge in [0.05, 0.1) is 18.3 Å². The number of unbranched alkanes of at least 4 members (excludes halogenated alkanes) is 24. The first-order valence-electron chi connectivity index (χ1n) is 26.1. The molecule has 0 heterocycles. The van der Waals surface area contributed by atoms with Crippen LogP contribution < -0.4 is 15.3 Å². The van der Waals surface area contributed by atoms with Gasteiger partial charge in [0, 0.05) is 17.9 Å². The predicted molar refractivity (Wildman–Crippen MR) is 258 cm³/mol. The van der Waals surface area contributed by atoms with Crippen LogP contribution in [0.3, 0.4) is 0 Å². The molecule has 64 heavy (non-hydrogen) atoms. The third-order valence-corrected chi connectivity index (χ3v) is 11.2. The molecular weight excluding hydrogens is 990 g/mol.